The Labute approximate surface area is 150 Å². The minimum Gasteiger partial charge on any atom is -0.478 e. The fourth-order valence-electron chi connectivity index (χ4n) is 2.89. The van der Waals surface area contributed by atoms with E-state index in [-0.39, 0.29) is 11.3 Å². The minimum absolute atomic E-state index is 0.0736. The highest BCUT2D eigenvalue weighted by Gasteiger charge is 2.51. The maximum atomic E-state index is 13.3. The number of rotatable bonds is 4. The second-order valence-electron chi connectivity index (χ2n) is 5.78. The van der Waals surface area contributed by atoms with E-state index in [1.807, 2.05) is 17.5 Å². The Hall–Kier alpha value is -2.61. The highest BCUT2D eigenvalue weighted by molar-refractivity contribution is 7.09. The van der Waals surface area contributed by atoms with E-state index in [1.165, 1.54) is 23.5 Å². The highest BCUT2D eigenvalue weighted by Crippen LogP contribution is 2.42. The lowest BCUT2D eigenvalue weighted by molar-refractivity contribution is -0.187. The van der Waals surface area contributed by atoms with Gasteiger partial charge in [-0.25, -0.2) is 4.79 Å². The normalized spacial score (nSPS) is 16.8. The first-order valence-electron chi connectivity index (χ1n) is 7.56. The molecule has 4 nitrogen and oxygen atoms in total. The molecule has 8 heteroatoms. The van der Waals surface area contributed by atoms with E-state index in [0.717, 1.165) is 17.4 Å². The molecule has 26 heavy (non-hydrogen) atoms. The van der Waals surface area contributed by atoms with Gasteiger partial charge < -0.3 is 9.84 Å². The van der Waals surface area contributed by atoms with Crippen molar-refractivity contribution in [3.63, 3.8) is 0 Å². The van der Waals surface area contributed by atoms with Crippen molar-refractivity contribution in [2.45, 2.75) is 25.6 Å². The van der Waals surface area contributed by atoms with Crippen LogP contribution < -0.4 is 4.74 Å². The second kappa shape index (κ2) is 6.60. The van der Waals surface area contributed by atoms with Crippen LogP contribution in [-0.2, 0) is 16.0 Å². The fraction of sp³-hybridized carbons (Fsp3) is 0.222. The van der Waals surface area contributed by atoms with Gasteiger partial charge in [-0.1, -0.05) is 12.1 Å². The Morgan fingerprint density at radius 2 is 2.00 bits per heavy atom. The molecule has 2 aromatic rings. The summed E-state index contributed by atoms with van der Waals surface area (Å²) in [6.45, 7) is 1.05. The van der Waals surface area contributed by atoms with Gasteiger partial charge in [-0.3, -0.25) is 4.79 Å². The Morgan fingerprint density at radius 3 is 2.54 bits per heavy atom. The maximum absolute atomic E-state index is 13.3. The number of carbonyl (C=O) groups is 2. The number of carboxylic acids is 1. The summed E-state index contributed by atoms with van der Waals surface area (Å²) >= 11 is 1.52. The number of allylic oxidation sites excluding steroid dienone is 1. The summed E-state index contributed by atoms with van der Waals surface area (Å²) in [5.74, 6) is -2.74. The molecule has 1 aliphatic rings. The summed E-state index contributed by atoms with van der Waals surface area (Å²) in [4.78, 5) is 24.6. The molecule has 1 aliphatic heterocycles. The smallest absolute Gasteiger partial charge is 0.430 e. The summed E-state index contributed by atoms with van der Waals surface area (Å²) in [7, 11) is 0. The molecular weight excluding hydrogens is 369 g/mol. The van der Waals surface area contributed by atoms with Crippen molar-refractivity contribution >= 4 is 28.7 Å². The molecule has 0 bridgehead atoms. The van der Waals surface area contributed by atoms with E-state index in [1.54, 1.807) is 6.07 Å². The van der Waals surface area contributed by atoms with Crippen LogP contribution >= 0.6 is 11.3 Å². The summed E-state index contributed by atoms with van der Waals surface area (Å²) in [6.07, 6.45) is -7.13. The number of hydrogen-bond donors (Lipinski definition) is 1. The van der Waals surface area contributed by atoms with Gasteiger partial charge >= 0.3 is 12.1 Å². The van der Waals surface area contributed by atoms with Crippen molar-refractivity contribution in [3.8, 4) is 5.75 Å². The van der Waals surface area contributed by atoms with Gasteiger partial charge in [0.15, 0.2) is 5.78 Å². The van der Waals surface area contributed by atoms with Gasteiger partial charge in [0.25, 0.3) is 0 Å². The predicted octanol–water partition coefficient (Wildman–Crippen LogP) is 4.09. The molecular formula is C18H13F3O4S. The van der Waals surface area contributed by atoms with Crippen LogP contribution in [0.5, 0.6) is 5.75 Å². The zero-order chi connectivity index (χ0) is 19.1. The SMILES string of the molecule is CC(=O)C1=C(C(=O)O)C(C(F)(F)F)Oc2ccc(Cc3cccs3)cc21. The minimum atomic E-state index is -4.96. The summed E-state index contributed by atoms with van der Waals surface area (Å²) in [6, 6.07) is 8.25. The molecule has 0 aliphatic carbocycles. The lowest BCUT2D eigenvalue weighted by Crippen LogP contribution is -2.42. The molecule has 1 atom stereocenters. The lowest BCUT2D eigenvalue weighted by atomic mass is 9.88. The zero-order valence-electron chi connectivity index (χ0n) is 13.5. The standard InChI is InChI=1S/C18H13F3O4S/c1-9(22)14-12-8-10(7-11-3-2-6-26-11)4-5-13(12)25-16(18(19,20)21)15(14)17(23)24/h2-6,8,16H,7H2,1H3,(H,23,24). The van der Waals surface area contributed by atoms with Crippen LogP contribution in [0.15, 0.2) is 41.3 Å². The van der Waals surface area contributed by atoms with Crippen molar-refractivity contribution in [3.05, 3.63) is 57.3 Å². The molecule has 0 amide bonds. The lowest BCUT2D eigenvalue weighted by Gasteiger charge is -2.30. The zero-order valence-corrected chi connectivity index (χ0v) is 14.3. The van der Waals surface area contributed by atoms with Crippen LogP contribution in [0.3, 0.4) is 0 Å². The number of halogens is 3. The van der Waals surface area contributed by atoms with E-state index in [9.17, 15) is 27.9 Å². The molecule has 1 aromatic heterocycles. The average molecular weight is 382 g/mol. The topological polar surface area (TPSA) is 63.6 Å². The van der Waals surface area contributed by atoms with Crippen LogP contribution in [0.2, 0.25) is 0 Å². The molecule has 0 spiro atoms. The van der Waals surface area contributed by atoms with E-state index in [0.29, 0.717) is 6.42 Å². The molecule has 0 fully saturated rings. The van der Waals surface area contributed by atoms with E-state index >= 15 is 0 Å². The third-order valence-corrected chi connectivity index (χ3v) is 4.80. The number of alkyl halides is 3. The van der Waals surface area contributed by atoms with Gasteiger partial charge in [-0.05, 0) is 36.1 Å². The molecule has 0 radical (unpaired) electrons. The number of ketones is 1. The summed E-state index contributed by atoms with van der Waals surface area (Å²) in [5.41, 5.74) is -0.729. The van der Waals surface area contributed by atoms with Crippen LogP contribution in [0.25, 0.3) is 5.57 Å². The molecule has 1 aromatic carbocycles. The molecule has 0 saturated heterocycles. The Balaban J connectivity index is 2.16. The van der Waals surface area contributed by atoms with Crippen LogP contribution in [0.4, 0.5) is 13.2 Å². The van der Waals surface area contributed by atoms with Crippen molar-refractivity contribution in [1.82, 2.24) is 0 Å². The van der Waals surface area contributed by atoms with Crippen molar-refractivity contribution in [1.29, 1.82) is 0 Å². The van der Waals surface area contributed by atoms with Crippen molar-refractivity contribution < 1.29 is 32.6 Å². The third-order valence-electron chi connectivity index (χ3n) is 3.93. The first-order valence-corrected chi connectivity index (χ1v) is 8.44. The number of thiophene rings is 1. The molecule has 0 saturated carbocycles. The quantitative estimate of drug-likeness (QED) is 0.865. The largest absolute Gasteiger partial charge is 0.478 e. The number of ether oxygens (including phenoxy) is 1. The number of carboxylic acid groups (broad SMARTS) is 1. The number of hydrogen-bond acceptors (Lipinski definition) is 4. The maximum Gasteiger partial charge on any atom is 0.430 e. The first-order chi connectivity index (χ1) is 12.2. The van der Waals surface area contributed by atoms with Gasteiger partial charge in [0.05, 0.1) is 5.57 Å². The Bertz CT molecular complexity index is 898. The van der Waals surface area contributed by atoms with Gasteiger partial charge in [0, 0.05) is 22.4 Å². The number of fused-ring (bicyclic) bond motifs is 1. The van der Waals surface area contributed by atoms with Crippen LogP contribution in [0.1, 0.15) is 22.9 Å². The van der Waals surface area contributed by atoms with Crippen molar-refractivity contribution in [2.75, 3.05) is 0 Å². The number of Topliss-reactive ketones (excluding diaryl/α,β-unsaturated/α-hetero) is 1. The molecule has 2 heterocycles. The number of carbonyl (C=O) groups excluding carboxylic acids is 1. The Kier molecular flexibility index (Phi) is 4.62. The molecule has 3 rings (SSSR count). The van der Waals surface area contributed by atoms with E-state index in [4.69, 9.17) is 4.74 Å². The van der Waals surface area contributed by atoms with Crippen LogP contribution in [0, 0.1) is 0 Å². The second-order valence-corrected chi connectivity index (χ2v) is 6.81. The van der Waals surface area contributed by atoms with Crippen molar-refractivity contribution in [2.24, 2.45) is 0 Å². The van der Waals surface area contributed by atoms with Gasteiger partial charge in [-0.15, -0.1) is 11.3 Å². The number of benzene rings is 1. The molecule has 1 N–H and O–H groups in total. The Morgan fingerprint density at radius 1 is 1.27 bits per heavy atom. The van der Waals surface area contributed by atoms with E-state index in [2.05, 4.69) is 0 Å². The summed E-state index contributed by atoms with van der Waals surface area (Å²) < 4.78 is 44.8. The van der Waals surface area contributed by atoms with Gasteiger partial charge in [0.1, 0.15) is 5.75 Å². The number of aliphatic carboxylic acids is 1. The van der Waals surface area contributed by atoms with Gasteiger partial charge in [-0.2, -0.15) is 13.2 Å². The first kappa shape index (κ1) is 18.2. The van der Waals surface area contributed by atoms with E-state index < -0.39 is 35.2 Å². The third kappa shape index (κ3) is 3.37. The monoisotopic (exact) mass is 382 g/mol. The van der Waals surface area contributed by atoms with Gasteiger partial charge in [0.2, 0.25) is 6.10 Å². The highest BCUT2D eigenvalue weighted by atomic mass is 32.1. The predicted molar refractivity (Wildman–Crippen MR) is 89.3 cm³/mol. The fourth-order valence-corrected chi connectivity index (χ4v) is 3.63. The molecule has 1 unspecified atom stereocenters. The van der Waals surface area contributed by atoms with Crippen LogP contribution in [-0.4, -0.2) is 29.1 Å². The molecule has 136 valence electrons. The average Bonchev–Trinajstić information content (AvgIpc) is 3.04. The summed E-state index contributed by atoms with van der Waals surface area (Å²) in [5, 5.41) is 11.2.